The van der Waals surface area contributed by atoms with E-state index in [0.29, 0.717) is 12.0 Å². The molecule has 0 aromatic heterocycles. The predicted octanol–water partition coefficient (Wildman–Crippen LogP) is 3.23. The molecule has 1 heterocycles. The summed E-state index contributed by atoms with van der Waals surface area (Å²) in [5, 5.41) is 3.74. The Morgan fingerprint density at radius 3 is 2.31 bits per heavy atom. The molecular weight excluding hydrogens is 330 g/mol. The van der Waals surface area contributed by atoms with Crippen molar-refractivity contribution in [1.29, 1.82) is 0 Å². The van der Waals surface area contributed by atoms with Gasteiger partial charge in [-0.3, -0.25) is 4.79 Å². The van der Waals surface area contributed by atoms with E-state index >= 15 is 0 Å². The summed E-state index contributed by atoms with van der Waals surface area (Å²) in [6, 6.07) is 0.496. The zero-order chi connectivity index (χ0) is 18.9. The Morgan fingerprint density at radius 1 is 1.04 bits per heavy atom. The highest BCUT2D eigenvalue weighted by molar-refractivity contribution is 5.73. The molecule has 1 aliphatic heterocycles. The number of carbonyl (C=O) groups excluding carboxylic acids is 1. The molecule has 2 saturated carbocycles. The molecular formula is C21H35NO4. The highest BCUT2D eigenvalue weighted by atomic mass is 16.5. The molecule has 3 rings (SSSR count). The Kier molecular flexibility index (Phi) is 6.10. The fraction of sp³-hybridized carbons (Fsp3) is 0.857. The summed E-state index contributed by atoms with van der Waals surface area (Å²) in [4.78, 5) is 12.8. The molecule has 0 aromatic carbocycles. The van der Waals surface area contributed by atoms with Gasteiger partial charge in [0.1, 0.15) is 6.10 Å². The lowest BCUT2D eigenvalue weighted by Crippen LogP contribution is -2.54. The van der Waals surface area contributed by atoms with Gasteiger partial charge in [-0.05, 0) is 65.2 Å². The zero-order valence-electron chi connectivity index (χ0n) is 16.9. The first-order valence-corrected chi connectivity index (χ1v) is 10.0. The summed E-state index contributed by atoms with van der Waals surface area (Å²) in [5.74, 6) is 0.291. The number of hydrogen-bond acceptors (Lipinski definition) is 5. The highest BCUT2D eigenvalue weighted by Crippen LogP contribution is 2.38. The number of ether oxygens (including phenoxy) is 3. The largest absolute Gasteiger partial charge is 0.462 e. The number of carbonyl (C=O) groups is 1. The lowest BCUT2D eigenvalue weighted by Gasteiger charge is -2.45. The molecule has 3 aliphatic rings. The van der Waals surface area contributed by atoms with E-state index in [1.165, 1.54) is 5.57 Å². The summed E-state index contributed by atoms with van der Waals surface area (Å²) in [6.45, 7) is 6.67. The van der Waals surface area contributed by atoms with Crippen molar-refractivity contribution in [2.75, 3.05) is 14.2 Å². The molecule has 0 spiro atoms. The summed E-state index contributed by atoms with van der Waals surface area (Å²) in [5.41, 5.74) is 1.48. The smallest absolute Gasteiger partial charge is 0.309 e. The van der Waals surface area contributed by atoms with Crippen LogP contribution in [0.4, 0.5) is 0 Å². The first-order chi connectivity index (χ1) is 12.3. The quantitative estimate of drug-likeness (QED) is 0.612. The van der Waals surface area contributed by atoms with Gasteiger partial charge in [0.25, 0.3) is 0 Å². The Balaban J connectivity index is 1.59. The van der Waals surface area contributed by atoms with Gasteiger partial charge in [-0.2, -0.15) is 0 Å². The standard InChI is InChI=1S/C21H35NO4/c1-13-12-21(2,3)22-19-7-6-15(11-18(13)19)26-20(23)14-8-16(24-4)10-17(9-14)25-5/h12,14-19,22H,6-11H2,1-5H3. The van der Waals surface area contributed by atoms with Gasteiger partial charge in [0.15, 0.2) is 0 Å². The maximum Gasteiger partial charge on any atom is 0.309 e. The number of nitrogens with one attached hydrogen (secondary N) is 1. The molecule has 5 unspecified atom stereocenters. The van der Waals surface area contributed by atoms with E-state index in [4.69, 9.17) is 14.2 Å². The van der Waals surface area contributed by atoms with Gasteiger partial charge in [0.05, 0.1) is 18.1 Å². The van der Waals surface area contributed by atoms with Crippen molar-refractivity contribution in [3.05, 3.63) is 11.6 Å². The number of hydrogen-bond donors (Lipinski definition) is 1. The van der Waals surface area contributed by atoms with E-state index in [9.17, 15) is 4.79 Å². The third-order valence-corrected chi connectivity index (χ3v) is 6.44. The van der Waals surface area contributed by atoms with Crippen molar-refractivity contribution in [3.63, 3.8) is 0 Å². The molecule has 148 valence electrons. The minimum atomic E-state index is -0.114. The van der Waals surface area contributed by atoms with Crippen molar-refractivity contribution >= 4 is 5.97 Å². The van der Waals surface area contributed by atoms with Crippen molar-refractivity contribution in [3.8, 4) is 0 Å². The van der Waals surface area contributed by atoms with Crippen LogP contribution >= 0.6 is 0 Å². The van der Waals surface area contributed by atoms with Gasteiger partial charge >= 0.3 is 5.97 Å². The van der Waals surface area contributed by atoms with Crippen LogP contribution in [0.3, 0.4) is 0 Å². The first kappa shape index (κ1) is 19.8. The molecule has 5 nitrogen and oxygen atoms in total. The second kappa shape index (κ2) is 7.99. The van der Waals surface area contributed by atoms with E-state index in [1.54, 1.807) is 14.2 Å². The maximum atomic E-state index is 12.8. The van der Waals surface area contributed by atoms with E-state index in [0.717, 1.165) is 38.5 Å². The number of esters is 1. The number of fused-ring (bicyclic) bond motifs is 1. The molecule has 0 radical (unpaired) electrons. The molecule has 0 aromatic rings. The molecule has 5 heteroatoms. The Bertz CT molecular complexity index is 532. The third kappa shape index (κ3) is 4.49. The van der Waals surface area contributed by atoms with Gasteiger partial charge in [-0.25, -0.2) is 0 Å². The molecule has 0 bridgehead atoms. The summed E-state index contributed by atoms with van der Waals surface area (Å²) < 4.78 is 16.9. The van der Waals surface area contributed by atoms with Gasteiger partial charge in [-0.15, -0.1) is 0 Å². The minimum Gasteiger partial charge on any atom is -0.462 e. The fourth-order valence-corrected chi connectivity index (χ4v) is 5.17. The van der Waals surface area contributed by atoms with Crippen LogP contribution in [0.15, 0.2) is 11.6 Å². The number of methoxy groups -OCH3 is 2. The van der Waals surface area contributed by atoms with Crippen LogP contribution in [0.2, 0.25) is 0 Å². The number of rotatable bonds is 4. The van der Waals surface area contributed by atoms with Gasteiger partial charge in [0.2, 0.25) is 0 Å². The topological polar surface area (TPSA) is 56.8 Å². The van der Waals surface area contributed by atoms with Crippen molar-refractivity contribution < 1.29 is 19.0 Å². The highest BCUT2D eigenvalue weighted by Gasteiger charge is 2.40. The molecule has 26 heavy (non-hydrogen) atoms. The summed E-state index contributed by atoms with van der Waals surface area (Å²) >= 11 is 0. The van der Waals surface area contributed by atoms with E-state index in [2.05, 4.69) is 32.2 Å². The monoisotopic (exact) mass is 365 g/mol. The van der Waals surface area contributed by atoms with Crippen LogP contribution in [-0.2, 0) is 19.0 Å². The maximum absolute atomic E-state index is 12.8. The molecule has 0 saturated heterocycles. The Morgan fingerprint density at radius 2 is 1.69 bits per heavy atom. The normalized spacial score (nSPS) is 39.7. The minimum absolute atomic E-state index is 0.0269. The fourth-order valence-electron chi connectivity index (χ4n) is 5.17. The molecule has 2 fully saturated rings. The van der Waals surface area contributed by atoms with Gasteiger partial charge in [-0.1, -0.05) is 11.6 Å². The van der Waals surface area contributed by atoms with E-state index in [-0.39, 0.29) is 35.7 Å². The average Bonchev–Trinajstić information content (AvgIpc) is 2.60. The second-order valence-electron chi connectivity index (χ2n) is 8.96. The molecule has 0 amide bonds. The van der Waals surface area contributed by atoms with Crippen molar-refractivity contribution in [2.24, 2.45) is 11.8 Å². The molecule has 1 N–H and O–H groups in total. The van der Waals surface area contributed by atoms with Crippen LogP contribution in [0.25, 0.3) is 0 Å². The SMILES string of the molecule is COC1CC(OC)CC(C(=O)OC2CCC3NC(C)(C)C=C(C)C3C2)C1. The lowest BCUT2D eigenvalue weighted by molar-refractivity contribution is -0.162. The molecule has 5 atom stereocenters. The third-order valence-electron chi connectivity index (χ3n) is 6.44. The van der Waals surface area contributed by atoms with E-state index < -0.39 is 0 Å². The van der Waals surface area contributed by atoms with Crippen LogP contribution in [-0.4, -0.2) is 50.1 Å². The zero-order valence-corrected chi connectivity index (χ0v) is 16.9. The van der Waals surface area contributed by atoms with E-state index in [1.807, 2.05) is 0 Å². The van der Waals surface area contributed by atoms with Crippen LogP contribution in [0, 0.1) is 11.8 Å². The van der Waals surface area contributed by atoms with Crippen LogP contribution < -0.4 is 5.32 Å². The van der Waals surface area contributed by atoms with Gasteiger partial charge in [0, 0.05) is 25.8 Å². The predicted molar refractivity (Wildman–Crippen MR) is 101 cm³/mol. The van der Waals surface area contributed by atoms with Crippen molar-refractivity contribution in [2.45, 2.75) is 89.2 Å². The summed E-state index contributed by atoms with van der Waals surface area (Å²) in [7, 11) is 3.41. The Labute approximate surface area is 157 Å². The van der Waals surface area contributed by atoms with Crippen LogP contribution in [0.5, 0.6) is 0 Å². The van der Waals surface area contributed by atoms with Crippen LogP contribution in [0.1, 0.15) is 59.3 Å². The first-order valence-electron chi connectivity index (χ1n) is 10.0. The van der Waals surface area contributed by atoms with Gasteiger partial charge < -0.3 is 19.5 Å². The average molecular weight is 366 g/mol. The summed E-state index contributed by atoms with van der Waals surface area (Å²) in [6.07, 6.45) is 7.77. The Hall–Kier alpha value is -0.910. The lowest BCUT2D eigenvalue weighted by atomic mass is 9.74. The molecule has 2 aliphatic carbocycles. The van der Waals surface area contributed by atoms with Crippen molar-refractivity contribution in [1.82, 2.24) is 5.32 Å². The second-order valence-corrected chi connectivity index (χ2v) is 8.96.